The predicted octanol–water partition coefficient (Wildman–Crippen LogP) is 4.93. The molecule has 160 valence electrons. The lowest BCUT2D eigenvalue weighted by atomic mass is 9.49. The molecule has 7 rings (SSSR count). The second-order valence-electron chi connectivity index (χ2n) is 11.4. The number of hydrogen-bond donors (Lipinski definition) is 0. The fourth-order valence-electron chi connectivity index (χ4n) is 7.99. The van der Waals surface area contributed by atoms with Gasteiger partial charge in [-0.1, -0.05) is 11.6 Å². The number of likely N-dealkylation sites (tertiary alicyclic amines) is 1. The highest BCUT2D eigenvalue weighted by Crippen LogP contribution is 2.61. The van der Waals surface area contributed by atoms with Gasteiger partial charge in [0.15, 0.2) is 5.78 Å². The van der Waals surface area contributed by atoms with Crippen LogP contribution in [0.2, 0.25) is 0 Å². The molecule has 4 bridgehead atoms. The van der Waals surface area contributed by atoms with Gasteiger partial charge in [0.05, 0.1) is 12.0 Å². The minimum Gasteiger partial charge on any atom is -0.486 e. The van der Waals surface area contributed by atoms with Gasteiger partial charge in [-0.2, -0.15) is 0 Å². The number of carbonyl (C=O) groups excluding carboxylic acids is 2. The second kappa shape index (κ2) is 6.58. The van der Waals surface area contributed by atoms with Crippen LogP contribution in [-0.4, -0.2) is 35.3 Å². The maximum absolute atomic E-state index is 13.3. The number of rotatable bonds is 2. The van der Waals surface area contributed by atoms with Crippen LogP contribution in [0, 0.1) is 30.1 Å². The Morgan fingerprint density at radius 2 is 1.70 bits per heavy atom. The predicted molar refractivity (Wildman–Crippen MR) is 115 cm³/mol. The summed E-state index contributed by atoms with van der Waals surface area (Å²) in [4.78, 5) is 28.1. The lowest BCUT2D eigenvalue weighted by Crippen LogP contribution is -2.53. The van der Waals surface area contributed by atoms with Crippen molar-refractivity contribution in [1.29, 1.82) is 0 Å². The second-order valence-corrected chi connectivity index (χ2v) is 11.4. The van der Waals surface area contributed by atoms with Crippen LogP contribution in [0.15, 0.2) is 18.2 Å². The number of carbonyl (C=O) groups is 2. The lowest BCUT2D eigenvalue weighted by molar-refractivity contribution is -0.142. The lowest BCUT2D eigenvalue weighted by Gasteiger charge is -2.57. The van der Waals surface area contributed by atoms with Crippen molar-refractivity contribution in [2.75, 3.05) is 13.1 Å². The highest BCUT2D eigenvalue weighted by Gasteiger charge is 2.52. The van der Waals surface area contributed by atoms with E-state index in [0.29, 0.717) is 17.7 Å². The van der Waals surface area contributed by atoms with E-state index in [1.165, 1.54) is 38.5 Å². The monoisotopic (exact) mass is 407 g/mol. The topological polar surface area (TPSA) is 46.6 Å². The smallest absolute Gasteiger partial charge is 0.223 e. The van der Waals surface area contributed by atoms with Crippen LogP contribution < -0.4 is 4.74 Å². The Kier molecular flexibility index (Phi) is 4.14. The molecule has 0 atom stereocenters. The summed E-state index contributed by atoms with van der Waals surface area (Å²) in [5, 5.41) is 0. The largest absolute Gasteiger partial charge is 0.486 e. The van der Waals surface area contributed by atoms with E-state index >= 15 is 0 Å². The zero-order valence-electron chi connectivity index (χ0n) is 18.1. The standard InChI is InChI=1S/C26H33NO3/c1-17-2-3-23-21(8-17)22(28)15-26(30-23)4-6-27(7-5-26)24(29)16-25-12-18-9-19(13-25)11-20(10-18)14-25/h2-3,8,18-20H,4-7,9-16H2,1H3. The molecule has 0 radical (unpaired) electrons. The summed E-state index contributed by atoms with van der Waals surface area (Å²) in [5.41, 5.74) is 1.69. The first-order valence-electron chi connectivity index (χ1n) is 12.0. The van der Waals surface area contributed by atoms with Gasteiger partial charge in [0.1, 0.15) is 11.4 Å². The van der Waals surface area contributed by atoms with Gasteiger partial charge in [-0.15, -0.1) is 0 Å². The zero-order valence-corrected chi connectivity index (χ0v) is 18.1. The SMILES string of the molecule is Cc1ccc2c(c1)C(=O)CC1(CCN(C(=O)CC34CC5CC(CC(C5)C3)C4)CC1)O2. The van der Waals surface area contributed by atoms with Crippen molar-refractivity contribution in [2.45, 2.75) is 76.7 Å². The van der Waals surface area contributed by atoms with Crippen LogP contribution in [-0.2, 0) is 4.79 Å². The summed E-state index contributed by atoms with van der Waals surface area (Å²) in [5.74, 6) is 3.93. The summed E-state index contributed by atoms with van der Waals surface area (Å²) in [7, 11) is 0. The molecule has 1 aromatic rings. The van der Waals surface area contributed by atoms with Crippen LogP contribution >= 0.6 is 0 Å². The number of benzene rings is 1. The summed E-state index contributed by atoms with van der Waals surface area (Å²) in [6.45, 7) is 3.45. The molecule has 0 N–H and O–H groups in total. The summed E-state index contributed by atoms with van der Waals surface area (Å²) in [6, 6.07) is 5.89. The first kappa shape index (κ1) is 18.9. The van der Waals surface area contributed by atoms with Crippen LogP contribution in [0.25, 0.3) is 0 Å². The van der Waals surface area contributed by atoms with E-state index in [2.05, 4.69) is 4.90 Å². The number of fused-ring (bicyclic) bond motifs is 1. The number of Topliss-reactive ketones (excluding diaryl/α,β-unsaturated/α-hetero) is 1. The van der Waals surface area contributed by atoms with Gasteiger partial charge in [0, 0.05) is 32.4 Å². The first-order chi connectivity index (χ1) is 14.4. The fourth-order valence-corrected chi connectivity index (χ4v) is 7.99. The zero-order chi connectivity index (χ0) is 20.5. The molecule has 4 aliphatic carbocycles. The Bertz CT molecular complexity index is 860. The van der Waals surface area contributed by atoms with Crippen molar-refractivity contribution < 1.29 is 14.3 Å². The fraction of sp³-hybridized carbons (Fsp3) is 0.692. The molecule has 30 heavy (non-hydrogen) atoms. The minimum atomic E-state index is -0.420. The number of aryl methyl sites for hydroxylation is 1. The van der Waals surface area contributed by atoms with Gasteiger partial charge in [-0.3, -0.25) is 9.59 Å². The molecule has 1 aromatic carbocycles. The molecule has 4 heteroatoms. The molecule has 2 heterocycles. The third kappa shape index (κ3) is 3.09. The molecule has 4 saturated carbocycles. The molecule has 6 aliphatic rings. The van der Waals surface area contributed by atoms with Gasteiger partial charge in [-0.25, -0.2) is 0 Å². The van der Waals surface area contributed by atoms with Gasteiger partial charge >= 0.3 is 0 Å². The number of hydrogen-bond acceptors (Lipinski definition) is 3. The average Bonchev–Trinajstić information content (AvgIpc) is 2.68. The van der Waals surface area contributed by atoms with Crippen molar-refractivity contribution in [3.05, 3.63) is 29.3 Å². The Morgan fingerprint density at radius 1 is 1.07 bits per heavy atom. The number of ether oxygens (including phenoxy) is 1. The van der Waals surface area contributed by atoms with Crippen LogP contribution in [0.1, 0.15) is 80.1 Å². The normalized spacial score (nSPS) is 36.0. The summed E-state index contributed by atoms with van der Waals surface area (Å²) < 4.78 is 6.39. The third-order valence-corrected chi connectivity index (χ3v) is 8.96. The number of ketones is 1. The van der Waals surface area contributed by atoms with Gasteiger partial charge in [-0.05, 0) is 80.8 Å². The van der Waals surface area contributed by atoms with E-state index in [1.54, 1.807) is 0 Å². The number of piperidine rings is 1. The van der Waals surface area contributed by atoms with E-state index in [4.69, 9.17) is 4.74 Å². The van der Waals surface area contributed by atoms with Crippen LogP contribution in [0.5, 0.6) is 5.75 Å². The van der Waals surface area contributed by atoms with Crippen molar-refractivity contribution in [3.8, 4) is 5.75 Å². The number of amides is 1. The molecule has 4 nitrogen and oxygen atoms in total. The maximum Gasteiger partial charge on any atom is 0.223 e. The van der Waals surface area contributed by atoms with E-state index in [0.717, 1.165) is 67.0 Å². The highest BCUT2D eigenvalue weighted by atomic mass is 16.5. The highest BCUT2D eigenvalue weighted by molar-refractivity contribution is 6.00. The van der Waals surface area contributed by atoms with E-state index in [9.17, 15) is 9.59 Å². The Hall–Kier alpha value is -1.84. The molecule has 0 unspecified atom stereocenters. The molecule has 1 spiro atoms. The minimum absolute atomic E-state index is 0.188. The van der Waals surface area contributed by atoms with Crippen molar-refractivity contribution in [3.63, 3.8) is 0 Å². The number of nitrogens with zero attached hydrogens (tertiary/aromatic N) is 1. The molecular weight excluding hydrogens is 374 g/mol. The van der Waals surface area contributed by atoms with Crippen LogP contribution in [0.4, 0.5) is 0 Å². The Morgan fingerprint density at radius 3 is 2.33 bits per heavy atom. The average molecular weight is 408 g/mol. The van der Waals surface area contributed by atoms with Crippen molar-refractivity contribution >= 4 is 11.7 Å². The quantitative estimate of drug-likeness (QED) is 0.698. The van der Waals surface area contributed by atoms with E-state index in [1.807, 2.05) is 25.1 Å². The molecule has 1 saturated heterocycles. The molecule has 2 aliphatic heterocycles. The summed E-state index contributed by atoms with van der Waals surface area (Å²) >= 11 is 0. The Balaban J connectivity index is 1.12. The molecule has 0 aromatic heterocycles. The molecule has 1 amide bonds. The van der Waals surface area contributed by atoms with Gasteiger partial charge in [0.25, 0.3) is 0 Å². The van der Waals surface area contributed by atoms with Gasteiger partial charge < -0.3 is 9.64 Å². The molecule has 5 fully saturated rings. The summed E-state index contributed by atoms with van der Waals surface area (Å²) in [6.07, 6.45) is 10.9. The van der Waals surface area contributed by atoms with Crippen molar-refractivity contribution in [1.82, 2.24) is 4.90 Å². The van der Waals surface area contributed by atoms with Crippen molar-refractivity contribution in [2.24, 2.45) is 23.2 Å². The van der Waals surface area contributed by atoms with E-state index in [-0.39, 0.29) is 5.78 Å². The van der Waals surface area contributed by atoms with Crippen LogP contribution in [0.3, 0.4) is 0 Å². The van der Waals surface area contributed by atoms with Gasteiger partial charge in [0.2, 0.25) is 5.91 Å². The van der Waals surface area contributed by atoms with E-state index < -0.39 is 5.60 Å². The third-order valence-electron chi connectivity index (χ3n) is 8.96. The maximum atomic E-state index is 13.3. The Labute approximate surface area is 179 Å². The first-order valence-corrected chi connectivity index (χ1v) is 12.0. The molecular formula is C26H33NO3.